The van der Waals surface area contributed by atoms with Gasteiger partial charge < -0.3 is 10.5 Å². The molecule has 2 N–H and O–H groups in total. The first-order valence-corrected chi connectivity index (χ1v) is 7.90. The van der Waals surface area contributed by atoms with E-state index in [-0.39, 0.29) is 6.04 Å². The van der Waals surface area contributed by atoms with Gasteiger partial charge in [0.05, 0.1) is 0 Å². The molecule has 1 fully saturated rings. The molecule has 3 heteroatoms. The van der Waals surface area contributed by atoms with E-state index in [1.54, 1.807) is 0 Å². The van der Waals surface area contributed by atoms with Crippen molar-refractivity contribution in [1.29, 1.82) is 0 Å². The summed E-state index contributed by atoms with van der Waals surface area (Å²) in [6.45, 7) is 8.52. The van der Waals surface area contributed by atoms with Crippen LogP contribution in [-0.2, 0) is 6.42 Å². The molecule has 1 heterocycles. The van der Waals surface area contributed by atoms with Crippen molar-refractivity contribution >= 4 is 0 Å². The summed E-state index contributed by atoms with van der Waals surface area (Å²) < 4.78 is 6.08. The molecule has 0 aromatic heterocycles. The van der Waals surface area contributed by atoms with Crippen molar-refractivity contribution < 1.29 is 4.74 Å². The molecule has 20 heavy (non-hydrogen) atoms. The Morgan fingerprint density at radius 3 is 2.75 bits per heavy atom. The van der Waals surface area contributed by atoms with Crippen LogP contribution < -0.4 is 10.5 Å². The Bertz CT molecular complexity index is 413. The van der Waals surface area contributed by atoms with Crippen LogP contribution in [0.15, 0.2) is 18.2 Å². The summed E-state index contributed by atoms with van der Waals surface area (Å²) in [5, 5.41) is 0. The fourth-order valence-electron chi connectivity index (χ4n) is 2.79. The Labute approximate surface area is 123 Å². The molecular formula is C17H28N2O. The molecule has 1 atom stereocenters. The molecule has 1 unspecified atom stereocenters. The average molecular weight is 276 g/mol. The molecule has 1 aliphatic rings. The summed E-state index contributed by atoms with van der Waals surface area (Å²) in [5.41, 5.74) is 8.55. The minimum atomic E-state index is 0.220. The van der Waals surface area contributed by atoms with E-state index in [1.165, 1.54) is 37.1 Å². The Balaban J connectivity index is 1.94. The fraction of sp³-hybridized carbons (Fsp3) is 0.647. The molecule has 0 aliphatic carbocycles. The summed E-state index contributed by atoms with van der Waals surface area (Å²) in [7, 11) is 0. The Hall–Kier alpha value is -1.06. The summed E-state index contributed by atoms with van der Waals surface area (Å²) in [5.74, 6) is 1.05. The Morgan fingerprint density at radius 1 is 1.30 bits per heavy atom. The van der Waals surface area contributed by atoms with Crippen LogP contribution in [0.5, 0.6) is 5.75 Å². The molecule has 1 saturated heterocycles. The van der Waals surface area contributed by atoms with Crippen LogP contribution >= 0.6 is 0 Å². The number of likely N-dealkylation sites (tertiary alicyclic amines) is 1. The van der Waals surface area contributed by atoms with Crippen molar-refractivity contribution in [2.75, 3.05) is 26.2 Å². The van der Waals surface area contributed by atoms with E-state index in [0.717, 1.165) is 31.7 Å². The molecule has 0 amide bonds. The molecule has 1 aromatic carbocycles. The SMILES string of the molecule is CCC(N)Cc1cccc(C)c1OCCN1CCCC1. The standard InChI is InChI=1S/C17H28N2O/c1-3-16(18)13-15-8-6-7-14(2)17(15)20-12-11-19-9-4-5-10-19/h6-8,16H,3-5,9-13,18H2,1-2H3. The number of hydrogen-bond donors (Lipinski definition) is 1. The van der Waals surface area contributed by atoms with Crippen molar-refractivity contribution in [2.24, 2.45) is 5.73 Å². The van der Waals surface area contributed by atoms with Crippen molar-refractivity contribution in [3.63, 3.8) is 0 Å². The van der Waals surface area contributed by atoms with E-state index in [9.17, 15) is 0 Å². The van der Waals surface area contributed by atoms with Gasteiger partial charge in [-0.2, -0.15) is 0 Å². The van der Waals surface area contributed by atoms with Crippen LogP contribution in [-0.4, -0.2) is 37.2 Å². The van der Waals surface area contributed by atoms with Gasteiger partial charge in [0, 0.05) is 12.6 Å². The summed E-state index contributed by atoms with van der Waals surface area (Å²) >= 11 is 0. The maximum atomic E-state index is 6.09. The zero-order chi connectivity index (χ0) is 14.4. The second-order valence-corrected chi connectivity index (χ2v) is 5.83. The molecule has 3 nitrogen and oxygen atoms in total. The van der Waals surface area contributed by atoms with Crippen LogP contribution in [0.2, 0.25) is 0 Å². The lowest BCUT2D eigenvalue weighted by atomic mass is 10.0. The highest BCUT2D eigenvalue weighted by molar-refractivity contribution is 5.41. The third-order valence-corrected chi connectivity index (χ3v) is 4.15. The zero-order valence-corrected chi connectivity index (χ0v) is 12.9. The Kier molecular flexibility index (Phi) is 5.86. The fourth-order valence-corrected chi connectivity index (χ4v) is 2.79. The van der Waals surface area contributed by atoms with E-state index in [4.69, 9.17) is 10.5 Å². The van der Waals surface area contributed by atoms with Gasteiger partial charge in [0.25, 0.3) is 0 Å². The van der Waals surface area contributed by atoms with E-state index in [2.05, 4.69) is 36.9 Å². The highest BCUT2D eigenvalue weighted by Crippen LogP contribution is 2.25. The van der Waals surface area contributed by atoms with Gasteiger partial charge in [-0.15, -0.1) is 0 Å². The lowest BCUT2D eigenvalue weighted by molar-refractivity contribution is 0.235. The third-order valence-electron chi connectivity index (χ3n) is 4.15. The highest BCUT2D eigenvalue weighted by Gasteiger charge is 2.13. The molecule has 112 valence electrons. The van der Waals surface area contributed by atoms with Crippen molar-refractivity contribution in [1.82, 2.24) is 4.90 Å². The second kappa shape index (κ2) is 7.65. The van der Waals surface area contributed by atoms with E-state index >= 15 is 0 Å². The first-order valence-electron chi connectivity index (χ1n) is 7.90. The topological polar surface area (TPSA) is 38.5 Å². The van der Waals surface area contributed by atoms with Gasteiger partial charge in [0.1, 0.15) is 12.4 Å². The summed E-state index contributed by atoms with van der Waals surface area (Å²) in [4.78, 5) is 2.48. The number of rotatable bonds is 7. The number of nitrogens with zero attached hydrogens (tertiary/aromatic N) is 1. The number of ether oxygens (including phenoxy) is 1. The van der Waals surface area contributed by atoms with Gasteiger partial charge in [-0.3, -0.25) is 4.90 Å². The smallest absolute Gasteiger partial charge is 0.125 e. The van der Waals surface area contributed by atoms with Crippen LogP contribution in [0.25, 0.3) is 0 Å². The zero-order valence-electron chi connectivity index (χ0n) is 12.9. The molecule has 1 aliphatic heterocycles. The lowest BCUT2D eigenvalue weighted by Gasteiger charge is -2.19. The van der Waals surface area contributed by atoms with E-state index < -0.39 is 0 Å². The lowest BCUT2D eigenvalue weighted by Crippen LogP contribution is -2.26. The summed E-state index contributed by atoms with van der Waals surface area (Å²) in [6, 6.07) is 6.58. The van der Waals surface area contributed by atoms with Gasteiger partial charge in [-0.05, 0) is 56.8 Å². The van der Waals surface area contributed by atoms with E-state index in [0.29, 0.717) is 0 Å². The maximum absolute atomic E-state index is 6.09. The van der Waals surface area contributed by atoms with Gasteiger partial charge in [0.15, 0.2) is 0 Å². The summed E-state index contributed by atoms with van der Waals surface area (Å²) in [6.07, 6.45) is 4.57. The predicted octanol–water partition coefficient (Wildman–Crippen LogP) is 2.75. The molecule has 0 bridgehead atoms. The van der Waals surface area contributed by atoms with E-state index in [1.807, 2.05) is 0 Å². The maximum Gasteiger partial charge on any atom is 0.125 e. The number of aryl methyl sites for hydroxylation is 1. The first-order chi connectivity index (χ1) is 9.70. The second-order valence-electron chi connectivity index (χ2n) is 5.83. The van der Waals surface area contributed by atoms with Crippen LogP contribution in [0, 0.1) is 6.92 Å². The number of hydrogen-bond acceptors (Lipinski definition) is 3. The van der Waals surface area contributed by atoms with Crippen molar-refractivity contribution in [3.8, 4) is 5.75 Å². The van der Waals surface area contributed by atoms with Crippen molar-refractivity contribution in [2.45, 2.75) is 45.6 Å². The van der Waals surface area contributed by atoms with Crippen LogP contribution in [0.4, 0.5) is 0 Å². The normalized spacial score (nSPS) is 17.4. The van der Waals surface area contributed by atoms with Crippen LogP contribution in [0.1, 0.15) is 37.3 Å². The predicted molar refractivity (Wildman–Crippen MR) is 84.3 cm³/mol. The molecule has 0 saturated carbocycles. The molecule has 0 spiro atoms. The molecular weight excluding hydrogens is 248 g/mol. The first kappa shape index (κ1) is 15.3. The largest absolute Gasteiger partial charge is 0.492 e. The Morgan fingerprint density at radius 2 is 2.05 bits per heavy atom. The molecule has 2 rings (SSSR count). The minimum Gasteiger partial charge on any atom is -0.492 e. The van der Waals surface area contributed by atoms with Crippen molar-refractivity contribution in [3.05, 3.63) is 29.3 Å². The van der Waals surface area contributed by atoms with Gasteiger partial charge >= 0.3 is 0 Å². The highest BCUT2D eigenvalue weighted by atomic mass is 16.5. The number of nitrogens with two attached hydrogens (primary N) is 1. The molecule has 0 radical (unpaired) electrons. The monoisotopic (exact) mass is 276 g/mol. The number of benzene rings is 1. The molecule has 1 aromatic rings. The average Bonchev–Trinajstić information content (AvgIpc) is 2.95. The third kappa shape index (κ3) is 4.22. The van der Waals surface area contributed by atoms with Crippen LogP contribution in [0.3, 0.4) is 0 Å². The minimum absolute atomic E-state index is 0.220. The van der Waals surface area contributed by atoms with Gasteiger partial charge in [-0.25, -0.2) is 0 Å². The quantitative estimate of drug-likeness (QED) is 0.832. The number of para-hydroxylation sites is 1. The van der Waals surface area contributed by atoms with Gasteiger partial charge in [-0.1, -0.05) is 25.1 Å². The van der Waals surface area contributed by atoms with Gasteiger partial charge in [0.2, 0.25) is 0 Å².